The Labute approximate surface area is 118 Å². The molecular formula is C14H9ClN2OS. The van der Waals surface area contributed by atoms with Crippen LogP contribution in [0.1, 0.15) is 0 Å². The van der Waals surface area contributed by atoms with Crippen molar-refractivity contribution >= 4 is 43.8 Å². The molecule has 5 heteroatoms. The number of nitrogens with one attached hydrogen (secondary N) is 1. The average molecular weight is 289 g/mol. The van der Waals surface area contributed by atoms with Gasteiger partial charge in [-0.05, 0) is 30.3 Å². The van der Waals surface area contributed by atoms with Crippen molar-refractivity contribution in [1.82, 2.24) is 4.98 Å². The van der Waals surface area contributed by atoms with Crippen molar-refractivity contribution in [2.45, 2.75) is 0 Å². The van der Waals surface area contributed by atoms with Gasteiger partial charge in [-0.25, -0.2) is 0 Å². The van der Waals surface area contributed by atoms with Crippen LogP contribution in [0.25, 0.3) is 10.1 Å². The van der Waals surface area contributed by atoms with Crippen molar-refractivity contribution in [3.63, 3.8) is 0 Å². The van der Waals surface area contributed by atoms with Gasteiger partial charge in [-0.2, -0.15) is 4.98 Å². The van der Waals surface area contributed by atoms with Crippen molar-refractivity contribution in [2.75, 3.05) is 5.32 Å². The van der Waals surface area contributed by atoms with Crippen LogP contribution in [-0.4, -0.2) is 4.98 Å². The number of hydrogen-bond donors (Lipinski definition) is 1. The number of hydrogen-bond acceptors (Lipinski definition) is 4. The highest BCUT2D eigenvalue weighted by Crippen LogP contribution is 2.24. The van der Waals surface area contributed by atoms with E-state index in [1.807, 2.05) is 30.3 Å². The lowest BCUT2D eigenvalue weighted by Crippen LogP contribution is -2.07. The van der Waals surface area contributed by atoms with Crippen LogP contribution in [0.2, 0.25) is 5.02 Å². The minimum Gasteiger partial charge on any atom is -0.331 e. The van der Waals surface area contributed by atoms with Gasteiger partial charge in [0, 0.05) is 15.4 Å². The molecule has 0 saturated carbocycles. The van der Waals surface area contributed by atoms with Crippen LogP contribution in [-0.2, 0) is 0 Å². The Bertz CT molecular complexity index is 801. The lowest BCUT2D eigenvalue weighted by molar-refractivity contribution is 1.30. The molecule has 0 radical (unpaired) electrons. The Kier molecular flexibility index (Phi) is 3.19. The fourth-order valence-corrected chi connectivity index (χ4v) is 2.86. The number of aromatic nitrogens is 1. The zero-order chi connectivity index (χ0) is 13.2. The summed E-state index contributed by atoms with van der Waals surface area (Å²) in [6.07, 6.45) is 0. The number of fused-ring (bicyclic) bond motifs is 1. The van der Waals surface area contributed by atoms with Gasteiger partial charge >= 0.3 is 0 Å². The van der Waals surface area contributed by atoms with Gasteiger partial charge in [0.1, 0.15) is 0 Å². The summed E-state index contributed by atoms with van der Waals surface area (Å²) in [5, 5.41) is 4.94. The minimum absolute atomic E-state index is 0.223. The van der Waals surface area contributed by atoms with Crippen LogP contribution in [0.15, 0.2) is 53.3 Å². The SMILES string of the molecule is O=c1nc(Nc2cccc(Cl)c2)sc2ccccc12. The molecule has 0 atom stereocenters. The first kappa shape index (κ1) is 12.1. The second-order valence-electron chi connectivity index (χ2n) is 3.96. The molecule has 3 rings (SSSR count). The number of rotatable bonds is 2. The van der Waals surface area contributed by atoms with E-state index in [9.17, 15) is 4.79 Å². The molecule has 3 nitrogen and oxygen atoms in total. The van der Waals surface area contributed by atoms with E-state index in [2.05, 4.69) is 10.3 Å². The minimum atomic E-state index is -0.223. The molecule has 0 aliphatic rings. The molecule has 0 spiro atoms. The molecule has 0 saturated heterocycles. The van der Waals surface area contributed by atoms with Crippen molar-refractivity contribution in [3.8, 4) is 0 Å². The average Bonchev–Trinajstić information content (AvgIpc) is 2.39. The van der Waals surface area contributed by atoms with Crippen LogP contribution < -0.4 is 10.9 Å². The molecule has 0 aliphatic heterocycles. The molecule has 0 aliphatic carbocycles. The summed E-state index contributed by atoms with van der Waals surface area (Å²) in [5.74, 6) is 0. The Morgan fingerprint density at radius 2 is 1.95 bits per heavy atom. The van der Waals surface area contributed by atoms with Gasteiger partial charge in [-0.15, -0.1) is 0 Å². The molecule has 0 bridgehead atoms. The third-order valence-electron chi connectivity index (χ3n) is 2.60. The summed E-state index contributed by atoms with van der Waals surface area (Å²) in [4.78, 5) is 15.9. The number of nitrogens with zero attached hydrogens (tertiary/aromatic N) is 1. The van der Waals surface area contributed by atoms with Crippen LogP contribution in [0, 0.1) is 0 Å². The van der Waals surface area contributed by atoms with Crippen LogP contribution in [0.5, 0.6) is 0 Å². The molecule has 3 aromatic rings. The quantitative estimate of drug-likeness (QED) is 0.773. The fraction of sp³-hybridized carbons (Fsp3) is 0. The molecular weight excluding hydrogens is 280 g/mol. The van der Waals surface area contributed by atoms with Crippen molar-refractivity contribution < 1.29 is 0 Å². The van der Waals surface area contributed by atoms with Gasteiger partial charge in [0.05, 0.1) is 5.39 Å². The molecule has 1 N–H and O–H groups in total. The predicted octanol–water partition coefficient (Wildman–Crippen LogP) is 4.05. The maximum atomic E-state index is 11.9. The third-order valence-corrected chi connectivity index (χ3v) is 3.80. The third kappa shape index (κ3) is 2.59. The Hall–Kier alpha value is -1.91. The monoisotopic (exact) mass is 288 g/mol. The van der Waals surface area contributed by atoms with Gasteiger partial charge in [0.25, 0.3) is 5.56 Å². The standard InChI is InChI=1S/C14H9ClN2OS/c15-9-4-3-5-10(8-9)16-14-17-13(18)11-6-1-2-7-12(11)19-14/h1-8H,(H,16,17,18). The van der Waals surface area contributed by atoms with Crippen LogP contribution >= 0.6 is 22.9 Å². The molecule has 0 fully saturated rings. The van der Waals surface area contributed by atoms with Crippen molar-refractivity contribution in [3.05, 3.63) is 63.9 Å². The largest absolute Gasteiger partial charge is 0.331 e. The van der Waals surface area contributed by atoms with E-state index in [-0.39, 0.29) is 5.56 Å². The maximum Gasteiger partial charge on any atom is 0.281 e. The van der Waals surface area contributed by atoms with Gasteiger partial charge in [-0.3, -0.25) is 4.79 Å². The smallest absolute Gasteiger partial charge is 0.281 e. The number of anilines is 2. The summed E-state index contributed by atoms with van der Waals surface area (Å²) in [5.41, 5.74) is 0.588. The molecule has 19 heavy (non-hydrogen) atoms. The van der Waals surface area contributed by atoms with E-state index in [0.717, 1.165) is 10.4 Å². The first-order chi connectivity index (χ1) is 9.22. The van der Waals surface area contributed by atoms with Crippen molar-refractivity contribution in [1.29, 1.82) is 0 Å². The Balaban J connectivity index is 2.04. The zero-order valence-corrected chi connectivity index (χ0v) is 11.3. The summed E-state index contributed by atoms with van der Waals surface area (Å²) in [6, 6.07) is 14.7. The molecule has 0 unspecified atom stereocenters. The molecule has 2 aromatic carbocycles. The summed E-state index contributed by atoms with van der Waals surface area (Å²) >= 11 is 7.36. The van der Waals surface area contributed by atoms with E-state index < -0.39 is 0 Å². The van der Waals surface area contributed by atoms with Gasteiger partial charge in [0.15, 0.2) is 5.13 Å². The van der Waals surface area contributed by atoms with E-state index in [1.54, 1.807) is 18.2 Å². The Morgan fingerprint density at radius 1 is 1.11 bits per heavy atom. The second-order valence-corrected chi connectivity index (χ2v) is 5.42. The van der Waals surface area contributed by atoms with E-state index in [0.29, 0.717) is 15.5 Å². The first-order valence-electron chi connectivity index (χ1n) is 5.65. The number of benzene rings is 2. The topological polar surface area (TPSA) is 42.0 Å². The number of halogens is 1. The molecule has 1 aromatic heterocycles. The first-order valence-corrected chi connectivity index (χ1v) is 6.84. The van der Waals surface area contributed by atoms with Gasteiger partial charge < -0.3 is 5.32 Å². The van der Waals surface area contributed by atoms with E-state index in [4.69, 9.17) is 11.6 Å². The Morgan fingerprint density at radius 3 is 2.79 bits per heavy atom. The highest BCUT2D eigenvalue weighted by Gasteiger charge is 2.04. The lowest BCUT2D eigenvalue weighted by Gasteiger charge is -2.05. The van der Waals surface area contributed by atoms with Crippen molar-refractivity contribution in [2.24, 2.45) is 0 Å². The zero-order valence-electron chi connectivity index (χ0n) is 9.76. The highest BCUT2D eigenvalue weighted by atomic mass is 35.5. The highest BCUT2D eigenvalue weighted by molar-refractivity contribution is 7.21. The molecule has 0 amide bonds. The summed E-state index contributed by atoms with van der Waals surface area (Å²) in [6.45, 7) is 0. The van der Waals surface area contributed by atoms with Gasteiger partial charge in [0.2, 0.25) is 0 Å². The maximum absolute atomic E-state index is 11.9. The summed E-state index contributed by atoms with van der Waals surface area (Å²) in [7, 11) is 0. The summed E-state index contributed by atoms with van der Waals surface area (Å²) < 4.78 is 0.909. The normalized spacial score (nSPS) is 10.6. The van der Waals surface area contributed by atoms with E-state index >= 15 is 0 Å². The van der Waals surface area contributed by atoms with Gasteiger partial charge in [-0.1, -0.05) is 41.1 Å². The lowest BCUT2D eigenvalue weighted by atomic mass is 10.3. The second kappa shape index (κ2) is 4.99. The molecule has 94 valence electrons. The molecule has 1 heterocycles. The van der Waals surface area contributed by atoms with Crippen LogP contribution in [0.4, 0.5) is 10.8 Å². The fourth-order valence-electron chi connectivity index (χ4n) is 1.75. The predicted molar refractivity (Wildman–Crippen MR) is 80.6 cm³/mol. The van der Waals surface area contributed by atoms with Crippen LogP contribution in [0.3, 0.4) is 0 Å². The van der Waals surface area contributed by atoms with E-state index in [1.165, 1.54) is 11.3 Å².